The summed E-state index contributed by atoms with van der Waals surface area (Å²) in [7, 11) is -1.98. The summed E-state index contributed by atoms with van der Waals surface area (Å²) < 4.78 is 36.6. The third-order valence-corrected chi connectivity index (χ3v) is 5.19. The fourth-order valence-corrected chi connectivity index (χ4v) is 3.73. The average molecular weight is 374 g/mol. The van der Waals surface area contributed by atoms with Crippen LogP contribution in [0.5, 0.6) is 5.75 Å². The number of esters is 1. The van der Waals surface area contributed by atoms with Crippen molar-refractivity contribution in [2.24, 2.45) is 4.99 Å². The predicted molar refractivity (Wildman–Crippen MR) is 96.1 cm³/mol. The van der Waals surface area contributed by atoms with Gasteiger partial charge >= 0.3 is 5.97 Å². The van der Waals surface area contributed by atoms with Crippen LogP contribution in [0.3, 0.4) is 0 Å². The van der Waals surface area contributed by atoms with Gasteiger partial charge in [-0.2, -0.15) is 0 Å². The van der Waals surface area contributed by atoms with Gasteiger partial charge in [0.15, 0.2) is 0 Å². The number of carbonyl (C=O) groups is 1. The van der Waals surface area contributed by atoms with Crippen LogP contribution in [0.2, 0.25) is 0 Å². The molecule has 0 bridgehead atoms. The van der Waals surface area contributed by atoms with Crippen molar-refractivity contribution in [1.29, 1.82) is 0 Å². The summed E-state index contributed by atoms with van der Waals surface area (Å²) >= 11 is 0. The molecule has 1 aliphatic heterocycles. The molecule has 0 atom stereocenters. The highest BCUT2D eigenvalue weighted by Gasteiger charge is 2.29. The number of benzene rings is 2. The Morgan fingerprint density at radius 2 is 1.85 bits per heavy atom. The van der Waals surface area contributed by atoms with E-state index in [1.807, 2.05) is 0 Å². The van der Waals surface area contributed by atoms with Crippen molar-refractivity contribution >= 4 is 21.8 Å². The Bertz CT molecular complexity index is 936. The van der Waals surface area contributed by atoms with Crippen LogP contribution < -0.4 is 9.46 Å². The van der Waals surface area contributed by atoms with Gasteiger partial charge in [0.25, 0.3) is 10.0 Å². The van der Waals surface area contributed by atoms with Gasteiger partial charge in [-0.15, -0.1) is 0 Å². The van der Waals surface area contributed by atoms with Crippen molar-refractivity contribution in [2.45, 2.75) is 11.3 Å². The van der Waals surface area contributed by atoms with E-state index in [-0.39, 0.29) is 11.5 Å². The van der Waals surface area contributed by atoms with E-state index < -0.39 is 16.0 Å². The number of nitrogens with one attached hydrogen (secondary N) is 1. The van der Waals surface area contributed by atoms with Gasteiger partial charge < -0.3 is 9.47 Å². The Morgan fingerprint density at radius 1 is 1.12 bits per heavy atom. The standard InChI is InChI=1S/C18H18N2O5S/c1-24-14-9-7-13(8-10-14)18(21)25-12-4-11-19-17-15-5-2-3-6-16(15)26(22,23)20-17/h2-3,5-10H,4,11-12H2,1H3,(H,19,20). The van der Waals surface area contributed by atoms with Gasteiger partial charge in [-0.3, -0.25) is 9.71 Å². The Balaban J connectivity index is 1.51. The predicted octanol–water partition coefficient (Wildman–Crippen LogP) is 1.98. The molecule has 2 aromatic carbocycles. The number of hydrogen-bond donors (Lipinski definition) is 1. The van der Waals surface area contributed by atoms with Gasteiger partial charge in [0, 0.05) is 18.5 Å². The summed E-state index contributed by atoms with van der Waals surface area (Å²) in [6.07, 6.45) is 0.481. The molecular formula is C18H18N2O5S. The molecule has 0 spiro atoms. The second-order valence-electron chi connectivity index (χ2n) is 5.55. The minimum absolute atomic E-state index is 0.191. The molecule has 0 amide bonds. The van der Waals surface area contributed by atoms with Gasteiger partial charge in [0.1, 0.15) is 11.6 Å². The van der Waals surface area contributed by atoms with Crippen LogP contribution in [0.15, 0.2) is 58.4 Å². The van der Waals surface area contributed by atoms with E-state index in [2.05, 4.69) is 9.71 Å². The zero-order valence-electron chi connectivity index (χ0n) is 14.1. The first kappa shape index (κ1) is 17.9. The minimum atomic E-state index is -3.53. The molecule has 8 heteroatoms. The molecule has 2 aromatic rings. The smallest absolute Gasteiger partial charge is 0.338 e. The monoisotopic (exact) mass is 374 g/mol. The van der Waals surface area contributed by atoms with Crippen molar-refractivity contribution < 1.29 is 22.7 Å². The van der Waals surface area contributed by atoms with E-state index in [1.165, 1.54) is 6.07 Å². The molecule has 0 unspecified atom stereocenters. The lowest BCUT2D eigenvalue weighted by Gasteiger charge is -2.05. The number of methoxy groups -OCH3 is 1. The summed E-state index contributed by atoms with van der Waals surface area (Å²) in [5.41, 5.74) is 0.998. The van der Waals surface area contributed by atoms with E-state index in [0.717, 1.165) is 0 Å². The Hall–Kier alpha value is -2.87. The summed E-state index contributed by atoms with van der Waals surface area (Å²) in [6.45, 7) is 0.526. The molecule has 7 nitrogen and oxygen atoms in total. The number of nitrogens with zero attached hydrogens (tertiary/aromatic N) is 1. The number of carbonyl (C=O) groups excluding carboxylic acids is 1. The molecule has 1 aliphatic rings. The van der Waals surface area contributed by atoms with Crippen LogP contribution in [0, 0.1) is 0 Å². The molecule has 1 heterocycles. The first-order chi connectivity index (χ1) is 12.5. The maximum absolute atomic E-state index is 12.0. The second kappa shape index (κ2) is 7.57. The lowest BCUT2D eigenvalue weighted by Crippen LogP contribution is -2.22. The van der Waals surface area contributed by atoms with Gasteiger partial charge in [0.2, 0.25) is 0 Å². The molecule has 0 aliphatic carbocycles. The van der Waals surface area contributed by atoms with Gasteiger partial charge in [-0.05, 0) is 36.4 Å². The molecule has 0 aromatic heterocycles. The van der Waals surface area contributed by atoms with Crippen molar-refractivity contribution in [3.63, 3.8) is 0 Å². The maximum atomic E-state index is 12.0. The summed E-state index contributed by atoms with van der Waals surface area (Å²) in [4.78, 5) is 16.4. The number of amidine groups is 1. The summed E-state index contributed by atoms with van der Waals surface area (Å²) in [5, 5.41) is 0. The number of fused-ring (bicyclic) bond motifs is 1. The number of sulfonamides is 1. The normalized spacial score (nSPS) is 16.0. The third kappa shape index (κ3) is 3.85. The van der Waals surface area contributed by atoms with Crippen molar-refractivity contribution in [3.8, 4) is 5.75 Å². The SMILES string of the molecule is COc1ccc(C(=O)OCCCN=C2NS(=O)(=O)c3ccccc32)cc1. The summed E-state index contributed by atoms with van der Waals surface area (Å²) in [5.74, 6) is 0.561. The number of hydrogen-bond acceptors (Lipinski definition) is 6. The Kier molecular flexibility index (Phi) is 5.22. The molecule has 0 saturated carbocycles. The zero-order valence-corrected chi connectivity index (χ0v) is 15.0. The molecular weight excluding hydrogens is 356 g/mol. The van der Waals surface area contributed by atoms with Gasteiger partial charge in [0.05, 0.1) is 24.2 Å². The van der Waals surface area contributed by atoms with Crippen LogP contribution >= 0.6 is 0 Å². The van der Waals surface area contributed by atoms with Crippen LogP contribution in [0.25, 0.3) is 0 Å². The molecule has 3 rings (SSSR count). The van der Waals surface area contributed by atoms with E-state index >= 15 is 0 Å². The molecule has 1 N–H and O–H groups in total. The number of ether oxygens (including phenoxy) is 2. The van der Waals surface area contributed by atoms with E-state index in [9.17, 15) is 13.2 Å². The highest BCUT2D eigenvalue weighted by Crippen LogP contribution is 2.22. The minimum Gasteiger partial charge on any atom is -0.497 e. The third-order valence-electron chi connectivity index (χ3n) is 3.79. The molecule has 0 fully saturated rings. The largest absolute Gasteiger partial charge is 0.497 e. The van der Waals surface area contributed by atoms with Crippen LogP contribution in [-0.2, 0) is 14.8 Å². The first-order valence-electron chi connectivity index (χ1n) is 7.99. The Morgan fingerprint density at radius 3 is 2.58 bits per heavy atom. The number of aliphatic imine (C=N–C) groups is 1. The van der Waals surface area contributed by atoms with E-state index in [1.54, 1.807) is 49.6 Å². The number of rotatable bonds is 6. The van der Waals surface area contributed by atoms with Gasteiger partial charge in [-0.25, -0.2) is 13.2 Å². The Labute approximate surface area is 151 Å². The molecule has 0 saturated heterocycles. The summed E-state index contributed by atoms with van der Waals surface area (Å²) in [6, 6.07) is 13.3. The maximum Gasteiger partial charge on any atom is 0.338 e. The highest BCUT2D eigenvalue weighted by molar-refractivity contribution is 7.90. The van der Waals surface area contributed by atoms with Crippen molar-refractivity contribution in [3.05, 3.63) is 59.7 Å². The van der Waals surface area contributed by atoms with E-state index in [4.69, 9.17) is 9.47 Å². The molecule has 136 valence electrons. The lowest BCUT2D eigenvalue weighted by molar-refractivity contribution is 0.0503. The fraction of sp³-hybridized carbons (Fsp3) is 0.222. The second-order valence-corrected chi connectivity index (χ2v) is 7.20. The van der Waals surface area contributed by atoms with Crippen molar-refractivity contribution in [2.75, 3.05) is 20.3 Å². The van der Waals surface area contributed by atoms with E-state index in [0.29, 0.717) is 35.7 Å². The molecule has 26 heavy (non-hydrogen) atoms. The zero-order chi connectivity index (χ0) is 18.6. The van der Waals surface area contributed by atoms with Gasteiger partial charge in [-0.1, -0.05) is 12.1 Å². The first-order valence-corrected chi connectivity index (χ1v) is 9.47. The topological polar surface area (TPSA) is 94.1 Å². The fourth-order valence-electron chi connectivity index (χ4n) is 2.48. The van der Waals surface area contributed by atoms with Crippen LogP contribution in [0.1, 0.15) is 22.3 Å². The lowest BCUT2D eigenvalue weighted by atomic mass is 10.2. The highest BCUT2D eigenvalue weighted by atomic mass is 32.2. The van der Waals surface area contributed by atoms with Crippen LogP contribution in [-0.4, -0.2) is 40.5 Å². The van der Waals surface area contributed by atoms with Crippen molar-refractivity contribution in [1.82, 2.24) is 4.72 Å². The molecule has 0 radical (unpaired) electrons. The average Bonchev–Trinajstić information content (AvgIpc) is 2.92. The van der Waals surface area contributed by atoms with Crippen LogP contribution in [0.4, 0.5) is 0 Å². The quantitative estimate of drug-likeness (QED) is 0.616.